The highest BCUT2D eigenvalue weighted by atomic mass is 32.3. The van der Waals surface area contributed by atoms with Crippen LogP contribution in [0.15, 0.2) is 70.5 Å². The van der Waals surface area contributed by atoms with Crippen LogP contribution in [0.4, 0.5) is 0 Å². The molecule has 0 spiro atoms. The van der Waals surface area contributed by atoms with Crippen molar-refractivity contribution in [1.29, 1.82) is 0 Å². The average Bonchev–Trinajstić information content (AvgIpc) is 3.08. The van der Waals surface area contributed by atoms with Gasteiger partial charge in [-0.25, -0.2) is 16.8 Å². The molecule has 12 heteroatoms. The van der Waals surface area contributed by atoms with Crippen LogP contribution in [-0.4, -0.2) is 52.4 Å². The van der Waals surface area contributed by atoms with E-state index in [9.17, 15) is 22.4 Å². The van der Waals surface area contributed by atoms with E-state index in [2.05, 4.69) is 18.6 Å². The van der Waals surface area contributed by atoms with E-state index in [1.54, 1.807) is 36.4 Å². The van der Waals surface area contributed by atoms with Gasteiger partial charge in [-0.1, -0.05) is 65.5 Å². The summed E-state index contributed by atoms with van der Waals surface area (Å²) >= 11 is 0. The summed E-state index contributed by atoms with van der Waals surface area (Å²) < 4.78 is 77.8. The first kappa shape index (κ1) is 37.7. The van der Waals surface area contributed by atoms with Crippen molar-refractivity contribution in [2.75, 3.05) is 26.4 Å². The number of rotatable bonds is 18. The number of ether oxygens (including phenoxy) is 4. The van der Waals surface area contributed by atoms with Crippen molar-refractivity contribution in [3.63, 3.8) is 0 Å². The summed E-state index contributed by atoms with van der Waals surface area (Å²) in [6.07, 6.45) is 7.15. The van der Waals surface area contributed by atoms with Gasteiger partial charge in [-0.05, 0) is 95.8 Å². The maximum Gasteiger partial charge on any atom is 0.504 e. The monoisotopic (exact) mass is 710 g/mol. The first-order valence-electron chi connectivity index (χ1n) is 17.0. The minimum absolute atomic E-state index is 0.350. The molecule has 0 fully saturated rings. The molecule has 0 heterocycles. The third kappa shape index (κ3) is 9.12. The predicted molar refractivity (Wildman–Crippen MR) is 193 cm³/mol. The average molecular weight is 711 g/mol. The lowest BCUT2D eigenvalue weighted by molar-refractivity contribution is 0.00380. The van der Waals surface area contributed by atoms with E-state index < -0.39 is 24.1 Å². The van der Waals surface area contributed by atoms with Gasteiger partial charge in [0.25, 0.3) is 19.7 Å². The van der Waals surface area contributed by atoms with Gasteiger partial charge in [0.15, 0.2) is 23.0 Å². The predicted octanol–water partition coefficient (Wildman–Crippen LogP) is 8.54. The molecule has 264 valence electrons. The number of hydrogen-bond acceptors (Lipinski definition) is 8. The number of sulfone groups is 2. The maximum atomic E-state index is 13.8. The Morgan fingerprint density at radius 2 is 0.816 bits per heavy atom. The zero-order valence-electron chi connectivity index (χ0n) is 28.7. The standard InChI is InChI=1S/C37H46N2O8S2/c1-5-9-17-44-33-23-27-13-15-31(21-29(27)25-35(33)46-19-11-7-3)48(40,41)37(39-38)49(42,43)32-16-14-28-24-34(45-18-10-6-2)36(26-30(28)22-32)47-20-12-8-4/h13-16,21-26H,5-12,17-20H2,1-4H3. The highest BCUT2D eigenvalue weighted by Crippen LogP contribution is 2.36. The summed E-state index contributed by atoms with van der Waals surface area (Å²) in [5, 5.41) is 2.32. The summed E-state index contributed by atoms with van der Waals surface area (Å²) in [5.41, 5.74) is 9.91. The molecule has 0 saturated carbocycles. The van der Waals surface area contributed by atoms with Crippen molar-refractivity contribution >= 4 is 45.6 Å². The van der Waals surface area contributed by atoms with Gasteiger partial charge in [0.2, 0.25) is 0 Å². The fraction of sp³-hybridized carbons (Fsp3) is 0.432. The van der Waals surface area contributed by atoms with Crippen LogP contribution in [-0.2, 0) is 19.7 Å². The molecular weight excluding hydrogens is 665 g/mol. The maximum absolute atomic E-state index is 13.8. The second-order valence-corrected chi connectivity index (χ2v) is 15.8. The van der Waals surface area contributed by atoms with Crippen LogP contribution < -0.4 is 18.9 Å². The molecule has 0 radical (unpaired) electrons. The molecule has 10 nitrogen and oxygen atoms in total. The molecule has 0 N–H and O–H groups in total. The molecule has 0 aliphatic heterocycles. The Bertz CT molecular complexity index is 1880. The van der Waals surface area contributed by atoms with E-state index >= 15 is 0 Å². The Morgan fingerprint density at radius 1 is 0.510 bits per heavy atom. The Labute approximate surface area is 289 Å². The van der Waals surface area contributed by atoms with Crippen LogP contribution >= 0.6 is 0 Å². The highest BCUT2D eigenvalue weighted by molar-refractivity contribution is 8.31. The number of nitrogens with zero attached hydrogens (tertiary/aromatic N) is 2. The van der Waals surface area contributed by atoms with Crippen LogP contribution in [0.5, 0.6) is 23.0 Å². The minimum atomic E-state index is -4.81. The molecule has 0 saturated heterocycles. The summed E-state index contributed by atoms with van der Waals surface area (Å²) in [7, 11) is -9.62. The van der Waals surface area contributed by atoms with Crippen LogP contribution in [0.2, 0.25) is 0 Å². The Morgan fingerprint density at radius 3 is 1.10 bits per heavy atom. The molecule has 0 atom stereocenters. The van der Waals surface area contributed by atoms with Crippen molar-refractivity contribution in [3.05, 3.63) is 66.2 Å². The molecule has 4 aromatic carbocycles. The first-order chi connectivity index (χ1) is 23.6. The second kappa shape index (κ2) is 17.5. The summed E-state index contributed by atoms with van der Waals surface area (Å²) in [5.74, 6) is 2.01. The number of benzene rings is 4. The number of fused-ring (bicyclic) bond motifs is 2. The number of hydrogen-bond donors (Lipinski definition) is 0. The third-order valence-corrected chi connectivity index (χ3v) is 12.1. The molecule has 0 unspecified atom stereocenters. The summed E-state index contributed by atoms with van der Waals surface area (Å²) in [6, 6.07) is 15.3. The Hall–Kier alpha value is -4.12. The normalized spacial score (nSPS) is 11.8. The largest absolute Gasteiger partial charge is 0.504 e. The molecule has 0 aliphatic carbocycles. The van der Waals surface area contributed by atoms with E-state index in [4.69, 9.17) is 18.9 Å². The molecule has 0 aromatic heterocycles. The van der Waals surface area contributed by atoms with E-state index in [1.165, 1.54) is 24.3 Å². The molecular formula is C37H46N2O8S2. The minimum Gasteiger partial charge on any atom is -0.490 e. The van der Waals surface area contributed by atoms with Crippen molar-refractivity contribution in [3.8, 4) is 23.0 Å². The quantitative estimate of drug-likeness (QED) is 0.0329. The molecule has 49 heavy (non-hydrogen) atoms. The molecule has 4 rings (SSSR count). The zero-order chi connectivity index (χ0) is 35.4. The molecule has 0 amide bonds. The highest BCUT2D eigenvalue weighted by Gasteiger charge is 2.44. The van der Waals surface area contributed by atoms with Gasteiger partial charge in [0, 0.05) is 0 Å². The Balaban J connectivity index is 1.72. The van der Waals surface area contributed by atoms with Crippen molar-refractivity contribution in [1.82, 2.24) is 0 Å². The van der Waals surface area contributed by atoms with E-state index in [-0.39, 0.29) is 9.79 Å². The van der Waals surface area contributed by atoms with Gasteiger partial charge < -0.3 is 24.5 Å². The van der Waals surface area contributed by atoms with Crippen molar-refractivity contribution < 1.29 is 40.6 Å². The van der Waals surface area contributed by atoms with E-state index in [0.29, 0.717) is 71.0 Å². The lowest BCUT2D eigenvalue weighted by atomic mass is 10.1. The topological polar surface area (TPSA) is 142 Å². The first-order valence-corrected chi connectivity index (χ1v) is 20.0. The number of unbranched alkanes of at least 4 members (excludes halogenated alkanes) is 4. The van der Waals surface area contributed by atoms with Crippen molar-refractivity contribution in [2.45, 2.75) is 88.9 Å². The summed E-state index contributed by atoms with van der Waals surface area (Å²) in [4.78, 5) is 2.14. The van der Waals surface area contributed by atoms with Gasteiger partial charge in [-0.2, -0.15) is 0 Å². The Kier molecular flexibility index (Phi) is 13.5. The zero-order valence-corrected chi connectivity index (χ0v) is 30.4. The second-order valence-electron chi connectivity index (χ2n) is 11.8. The van der Waals surface area contributed by atoms with Gasteiger partial charge in [0.05, 0.1) is 36.2 Å². The molecule has 0 bridgehead atoms. The lowest BCUT2D eigenvalue weighted by Gasteiger charge is -2.15. The molecule has 4 aromatic rings. The fourth-order valence-corrected chi connectivity index (χ4v) is 8.42. The van der Waals surface area contributed by atoms with Gasteiger partial charge in [-0.3, -0.25) is 0 Å². The van der Waals surface area contributed by atoms with E-state index in [0.717, 1.165) is 51.4 Å². The van der Waals surface area contributed by atoms with Gasteiger partial charge in [-0.15, -0.1) is 4.79 Å². The van der Waals surface area contributed by atoms with Gasteiger partial charge >= 0.3 is 4.38 Å². The van der Waals surface area contributed by atoms with Crippen LogP contribution in [0, 0.1) is 0 Å². The van der Waals surface area contributed by atoms with E-state index in [1.807, 2.05) is 13.8 Å². The summed E-state index contributed by atoms with van der Waals surface area (Å²) in [6.45, 7) is 10.1. The third-order valence-electron chi connectivity index (χ3n) is 7.93. The smallest absolute Gasteiger partial charge is 0.490 e. The SMILES string of the molecule is CCCCOc1cc2ccc(S(=O)(=O)C(=[N+]=[N-])S(=O)(=O)c3ccc4cc(OCCCC)c(OCCCC)cc4c3)cc2cc1OCCCC. The lowest BCUT2D eigenvalue weighted by Crippen LogP contribution is -2.26. The van der Waals surface area contributed by atoms with Crippen LogP contribution in [0.3, 0.4) is 0 Å². The molecule has 0 aliphatic rings. The van der Waals surface area contributed by atoms with Crippen LogP contribution in [0.1, 0.15) is 79.1 Å². The fourth-order valence-electron chi connectivity index (χ4n) is 5.01. The van der Waals surface area contributed by atoms with Crippen molar-refractivity contribution in [2.24, 2.45) is 0 Å². The van der Waals surface area contributed by atoms with Crippen LogP contribution in [0.25, 0.3) is 27.1 Å². The van der Waals surface area contributed by atoms with Gasteiger partial charge in [0.1, 0.15) is 0 Å².